The van der Waals surface area contributed by atoms with Crippen molar-refractivity contribution < 1.29 is 23.9 Å². The Bertz CT molecular complexity index is 986. The van der Waals surface area contributed by atoms with Gasteiger partial charge in [-0.2, -0.15) is 0 Å². The van der Waals surface area contributed by atoms with Crippen molar-refractivity contribution in [3.8, 4) is 11.1 Å². The van der Waals surface area contributed by atoms with Crippen LogP contribution < -0.4 is 10.6 Å². The predicted octanol–water partition coefficient (Wildman–Crippen LogP) is 2.95. The topological polar surface area (TPSA) is 105 Å². The lowest BCUT2D eigenvalue weighted by Gasteiger charge is -2.22. The van der Waals surface area contributed by atoms with Crippen molar-refractivity contribution in [2.75, 3.05) is 18.5 Å². The van der Waals surface area contributed by atoms with Gasteiger partial charge in [0.15, 0.2) is 6.61 Å². The van der Waals surface area contributed by atoms with E-state index in [1.807, 2.05) is 42.5 Å². The summed E-state index contributed by atoms with van der Waals surface area (Å²) in [5.41, 5.74) is 1.36. The standard InChI is InChI=1S/C23H25N3O5/c1-3-23(4-2)21(29)26(22(30)25-23)14-20(28)31-15-19(27)24-18-13-9-8-12-17(18)16-10-6-5-7-11-16/h5-13H,3-4,14-15H2,1-2H3,(H,24,27)(H,25,30). The third kappa shape index (κ3) is 4.74. The quantitative estimate of drug-likeness (QED) is 0.502. The fraction of sp³-hybridized carbons (Fsp3) is 0.304. The van der Waals surface area contributed by atoms with E-state index in [4.69, 9.17) is 4.74 Å². The highest BCUT2D eigenvalue weighted by atomic mass is 16.5. The second-order valence-corrected chi connectivity index (χ2v) is 7.23. The van der Waals surface area contributed by atoms with Gasteiger partial charge in [0.05, 0.1) is 0 Å². The monoisotopic (exact) mass is 423 g/mol. The Morgan fingerprint density at radius 3 is 2.29 bits per heavy atom. The van der Waals surface area contributed by atoms with Crippen molar-refractivity contribution in [2.24, 2.45) is 0 Å². The van der Waals surface area contributed by atoms with E-state index in [2.05, 4.69) is 10.6 Å². The summed E-state index contributed by atoms with van der Waals surface area (Å²) in [6, 6.07) is 16.2. The maximum atomic E-state index is 12.5. The number of anilines is 1. The lowest BCUT2D eigenvalue weighted by atomic mass is 9.93. The molecule has 1 saturated heterocycles. The number of esters is 1. The van der Waals surface area contributed by atoms with E-state index in [0.29, 0.717) is 18.5 Å². The van der Waals surface area contributed by atoms with Crippen LogP contribution in [0, 0.1) is 0 Å². The summed E-state index contributed by atoms with van der Waals surface area (Å²) >= 11 is 0. The molecule has 4 amide bonds. The molecule has 2 N–H and O–H groups in total. The Kier molecular flexibility index (Phi) is 6.69. The molecule has 31 heavy (non-hydrogen) atoms. The van der Waals surface area contributed by atoms with E-state index in [1.165, 1.54) is 0 Å². The number of hydrogen-bond acceptors (Lipinski definition) is 5. The summed E-state index contributed by atoms with van der Waals surface area (Å²) in [7, 11) is 0. The summed E-state index contributed by atoms with van der Waals surface area (Å²) in [4.78, 5) is 49.9. The third-order valence-electron chi connectivity index (χ3n) is 5.39. The van der Waals surface area contributed by atoms with Crippen molar-refractivity contribution in [3.05, 3.63) is 54.6 Å². The normalized spacial score (nSPS) is 14.8. The number of urea groups is 1. The molecule has 0 bridgehead atoms. The van der Waals surface area contributed by atoms with Gasteiger partial charge in [0.1, 0.15) is 12.1 Å². The number of carbonyl (C=O) groups is 4. The van der Waals surface area contributed by atoms with Crippen LogP contribution in [0.1, 0.15) is 26.7 Å². The molecular weight excluding hydrogens is 398 g/mol. The maximum absolute atomic E-state index is 12.5. The summed E-state index contributed by atoms with van der Waals surface area (Å²) in [6.07, 6.45) is 0.839. The molecule has 0 atom stereocenters. The first-order chi connectivity index (χ1) is 14.9. The Hall–Kier alpha value is -3.68. The van der Waals surface area contributed by atoms with Crippen molar-refractivity contribution in [2.45, 2.75) is 32.2 Å². The molecule has 1 aliphatic heterocycles. The minimum absolute atomic E-state index is 0.419. The number of carbonyl (C=O) groups excluding carboxylic acids is 4. The first kappa shape index (κ1) is 22.0. The van der Waals surface area contributed by atoms with Crippen LogP contribution in [0.15, 0.2) is 54.6 Å². The van der Waals surface area contributed by atoms with E-state index in [9.17, 15) is 19.2 Å². The number of amides is 4. The summed E-state index contributed by atoms with van der Waals surface area (Å²) in [5, 5.41) is 5.37. The minimum Gasteiger partial charge on any atom is -0.454 e. The zero-order chi connectivity index (χ0) is 22.4. The molecule has 1 fully saturated rings. The lowest BCUT2D eigenvalue weighted by Crippen LogP contribution is -2.46. The fourth-order valence-corrected chi connectivity index (χ4v) is 3.52. The number of ether oxygens (including phenoxy) is 1. The molecule has 0 aromatic heterocycles. The second-order valence-electron chi connectivity index (χ2n) is 7.23. The molecule has 162 valence electrons. The number of rotatable bonds is 8. The fourth-order valence-electron chi connectivity index (χ4n) is 3.52. The number of hydrogen-bond donors (Lipinski definition) is 2. The largest absolute Gasteiger partial charge is 0.454 e. The van der Waals surface area contributed by atoms with Gasteiger partial charge in [0, 0.05) is 11.3 Å². The SMILES string of the molecule is CCC1(CC)NC(=O)N(CC(=O)OCC(=O)Nc2ccccc2-c2ccccc2)C1=O. The highest BCUT2D eigenvalue weighted by molar-refractivity contribution is 6.08. The number of benzene rings is 2. The van der Waals surface area contributed by atoms with Crippen LogP contribution >= 0.6 is 0 Å². The Balaban J connectivity index is 1.57. The number of nitrogens with zero attached hydrogens (tertiary/aromatic N) is 1. The van der Waals surface area contributed by atoms with Crippen LogP contribution in [0.5, 0.6) is 0 Å². The van der Waals surface area contributed by atoms with Gasteiger partial charge >= 0.3 is 12.0 Å². The van der Waals surface area contributed by atoms with Gasteiger partial charge in [-0.05, 0) is 24.5 Å². The number of para-hydroxylation sites is 1. The number of imide groups is 1. The van der Waals surface area contributed by atoms with Gasteiger partial charge in [-0.15, -0.1) is 0 Å². The van der Waals surface area contributed by atoms with Crippen LogP contribution in [0.25, 0.3) is 11.1 Å². The molecule has 8 heteroatoms. The predicted molar refractivity (Wildman–Crippen MR) is 115 cm³/mol. The van der Waals surface area contributed by atoms with E-state index in [0.717, 1.165) is 16.0 Å². The molecule has 8 nitrogen and oxygen atoms in total. The Morgan fingerprint density at radius 2 is 1.65 bits per heavy atom. The van der Waals surface area contributed by atoms with Crippen LogP contribution in [0.2, 0.25) is 0 Å². The molecule has 2 aromatic carbocycles. The van der Waals surface area contributed by atoms with Gasteiger partial charge in [0.25, 0.3) is 11.8 Å². The minimum atomic E-state index is -0.990. The second kappa shape index (κ2) is 9.42. The summed E-state index contributed by atoms with van der Waals surface area (Å²) in [5.74, 6) is -1.82. The number of nitrogens with one attached hydrogen (secondary N) is 2. The molecule has 0 spiro atoms. The van der Waals surface area contributed by atoms with Gasteiger partial charge in [0.2, 0.25) is 0 Å². The smallest absolute Gasteiger partial charge is 0.326 e. The van der Waals surface area contributed by atoms with Crippen molar-refractivity contribution in [1.29, 1.82) is 0 Å². The highest BCUT2D eigenvalue weighted by Crippen LogP contribution is 2.27. The Morgan fingerprint density at radius 1 is 1.00 bits per heavy atom. The molecule has 0 aliphatic carbocycles. The third-order valence-corrected chi connectivity index (χ3v) is 5.39. The Labute approximate surface area is 180 Å². The van der Waals surface area contributed by atoms with Crippen molar-refractivity contribution >= 4 is 29.5 Å². The average molecular weight is 423 g/mol. The molecule has 3 rings (SSSR count). The zero-order valence-electron chi connectivity index (χ0n) is 17.5. The molecule has 1 heterocycles. The van der Waals surface area contributed by atoms with E-state index in [-0.39, 0.29) is 0 Å². The van der Waals surface area contributed by atoms with E-state index in [1.54, 1.807) is 26.0 Å². The summed E-state index contributed by atoms with van der Waals surface area (Å²) < 4.78 is 4.99. The van der Waals surface area contributed by atoms with Crippen molar-refractivity contribution in [3.63, 3.8) is 0 Å². The zero-order valence-corrected chi connectivity index (χ0v) is 17.5. The van der Waals surface area contributed by atoms with Gasteiger partial charge in [-0.3, -0.25) is 19.3 Å². The maximum Gasteiger partial charge on any atom is 0.326 e. The molecule has 2 aromatic rings. The first-order valence-corrected chi connectivity index (χ1v) is 10.1. The van der Waals surface area contributed by atoms with E-state index >= 15 is 0 Å². The van der Waals surface area contributed by atoms with Crippen LogP contribution in [0.4, 0.5) is 10.5 Å². The van der Waals surface area contributed by atoms with Gasteiger partial charge in [-0.1, -0.05) is 62.4 Å². The highest BCUT2D eigenvalue weighted by Gasteiger charge is 2.49. The summed E-state index contributed by atoms with van der Waals surface area (Å²) in [6.45, 7) is 2.51. The van der Waals surface area contributed by atoms with Crippen LogP contribution in [-0.4, -0.2) is 47.4 Å². The molecule has 1 aliphatic rings. The van der Waals surface area contributed by atoms with E-state index < -0.39 is 42.5 Å². The molecule has 0 unspecified atom stereocenters. The first-order valence-electron chi connectivity index (χ1n) is 10.1. The van der Waals surface area contributed by atoms with Crippen LogP contribution in [-0.2, 0) is 19.1 Å². The lowest BCUT2D eigenvalue weighted by molar-refractivity contribution is -0.150. The van der Waals surface area contributed by atoms with Gasteiger partial charge < -0.3 is 15.4 Å². The van der Waals surface area contributed by atoms with Crippen molar-refractivity contribution in [1.82, 2.24) is 10.2 Å². The van der Waals surface area contributed by atoms with Gasteiger partial charge in [-0.25, -0.2) is 4.79 Å². The van der Waals surface area contributed by atoms with Crippen LogP contribution in [0.3, 0.4) is 0 Å². The molecular formula is C23H25N3O5. The molecule has 0 saturated carbocycles. The average Bonchev–Trinajstić information content (AvgIpc) is 3.03. The molecule has 0 radical (unpaired) electrons.